The fourth-order valence-electron chi connectivity index (χ4n) is 3.65. The number of nitrogens with zero attached hydrogens (tertiary/aromatic N) is 2. The number of fused-ring (bicyclic) bond motifs is 1. The largest absolute Gasteiger partial charge is 0.444 e. The van der Waals surface area contributed by atoms with Crippen LogP contribution in [-0.2, 0) is 16.0 Å². The molecular formula is C26H28ClN5O4S. The van der Waals surface area contributed by atoms with Crippen molar-refractivity contribution in [2.45, 2.75) is 51.0 Å². The van der Waals surface area contributed by atoms with Gasteiger partial charge in [0.15, 0.2) is 0 Å². The Morgan fingerprint density at radius 3 is 2.73 bits per heavy atom. The number of hydrogen-bond donors (Lipinski definition) is 3. The highest BCUT2D eigenvalue weighted by Crippen LogP contribution is 2.27. The van der Waals surface area contributed by atoms with Crippen LogP contribution in [0.5, 0.6) is 0 Å². The van der Waals surface area contributed by atoms with E-state index in [2.05, 4.69) is 25.8 Å². The summed E-state index contributed by atoms with van der Waals surface area (Å²) < 4.78 is 11.3. The van der Waals surface area contributed by atoms with E-state index in [4.69, 9.17) is 20.8 Å². The monoisotopic (exact) mass is 541 g/mol. The fourth-order valence-corrected chi connectivity index (χ4v) is 4.39. The van der Waals surface area contributed by atoms with Crippen molar-refractivity contribution in [3.05, 3.63) is 70.7 Å². The van der Waals surface area contributed by atoms with Gasteiger partial charge in [-0.3, -0.25) is 4.79 Å². The maximum atomic E-state index is 12.6. The summed E-state index contributed by atoms with van der Waals surface area (Å²) in [6.45, 7) is 7.21. The van der Waals surface area contributed by atoms with Crippen LogP contribution in [0.1, 0.15) is 43.8 Å². The van der Waals surface area contributed by atoms with Crippen LogP contribution < -0.4 is 10.6 Å². The number of carbonyl (C=O) groups is 2. The molecule has 2 aromatic carbocycles. The lowest BCUT2D eigenvalue weighted by Crippen LogP contribution is -2.36. The molecule has 0 radical (unpaired) electrons. The van der Waals surface area contributed by atoms with Gasteiger partial charge in [0.1, 0.15) is 11.6 Å². The first-order valence-corrected chi connectivity index (χ1v) is 13.0. The quantitative estimate of drug-likeness (QED) is 0.232. The molecule has 2 amide bonds. The lowest BCUT2D eigenvalue weighted by atomic mass is 10.1. The summed E-state index contributed by atoms with van der Waals surface area (Å²) in [6, 6.07) is 12.6. The van der Waals surface area contributed by atoms with Crippen molar-refractivity contribution < 1.29 is 18.7 Å². The molecule has 0 aliphatic carbocycles. The average Bonchev–Trinajstić information content (AvgIpc) is 3.47. The SMILES string of the molecule is Cc1c(Cl)cccc1NC(=O)CSc1nnc([C@@H](Cc2c[nH]c3ccccc23)NC(=O)OC(C)(C)C)o1. The Kier molecular flexibility index (Phi) is 8.09. The molecule has 0 bridgehead atoms. The number of para-hydroxylation sites is 1. The number of anilines is 1. The van der Waals surface area contributed by atoms with E-state index in [9.17, 15) is 9.59 Å². The number of hydrogen-bond acceptors (Lipinski definition) is 7. The Balaban J connectivity index is 1.46. The van der Waals surface area contributed by atoms with E-state index in [0.717, 1.165) is 33.8 Å². The molecule has 0 unspecified atom stereocenters. The first-order valence-electron chi connectivity index (χ1n) is 11.6. The molecule has 4 aromatic rings. The normalized spacial score (nSPS) is 12.4. The molecule has 2 heterocycles. The predicted octanol–water partition coefficient (Wildman–Crippen LogP) is 6.05. The Labute approximate surface area is 223 Å². The van der Waals surface area contributed by atoms with Crippen LogP contribution in [0.2, 0.25) is 5.02 Å². The summed E-state index contributed by atoms with van der Waals surface area (Å²) >= 11 is 7.23. The Morgan fingerprint density at radius 1 is 1.16 bits per heavy atom. The van der Waals surface area contributed by atoms with Gasteiger partial charge >= 0.3 is 6.09 Å². The fraction of sp³-hybridized carbons (Fsp3) is 0.308. The third kappa shape index (κ3) is 7.05. The summed E-state index contributed by atoms with van der Waals surface area (Å²) in [5.74, 6) is 0.0299. The predicted molar refractivity (Wildman–Crippen MR) is 144 cm³/mol. The minimum atomic E-state index is -0.667. The van der Waals surface area contributed by atoms with E-state index in [1.54, 1.807) is 39.0 Å². The first kappa shape index (κ1) is 26.6. The van der Waals surface area contributed by atoms with E-state index < -0.39 is 17.7 Å². The van der Waals surface area contributed by atoms with E-state index in [-0.39, 0.29) is 22.8 Å². The molecule has 0 spiro atoms. The number of aromatic amines is 1. The van der Waals surface area contributed by atoms with Crippen molar-refractivity contribution >= 4 is 52.0 Å². The summed E-state index contributed by atoms with van der Waals surface area (Å²) in [6.07, 6.45) is 1.69. The maximum Gasteiger partial charge on any atom is 0.408 e. The highest BCUT2D eigenvalue weighted by atomic mass is 35.5. The standard InChI is InChI=1S/C26H28ClN5O4S/c1-15-18(27)9-7-11-19(15)29-22(33)14-37-25-32-31-23(35-25)21(30-24(34)36-26(2,3)4)12-16-13-28-20-10-6-5-8-17(16)20/h5-11,13,21,28H,12,14H2,1-4H3,(H,29,33)(H,30,34)/t21-/m1/s1. The highest BCUT2D eigenvalue weighted by molar-refractivity contribution is 7.99. The second-order valence-corrected chi connectivity index (χ2v) is 10.8. The molecule has 4 rings (SSSR count). The van der Waals surface area contributed by atoms with E-state index in [1.165, 1.54) is 0 Å². The summed E-state index contributed by atoms with van der Waals surface area (Å²) in [5.41, 5.74) is 2.72. The zero-order valence-electron chi connectivity index (χ0n) is 20.9. The first-order chi connectivity index (χ1) is 17.6. The third-order valence-corrected chi connectivity index (χ3v) is 6.61. The van der Waals surface area contributed by atoms with Crippen molar-refractivity contribution in [2.24, 2.45) is 0 Å². The zero-order chi connectivity index (χ0) is 26.6. The highest BCUT2D eigenvalue weighted by Gasteiger charge is 2.26. The summed E-state index contributed by atoms with van der Waals surface area (Å²) in [4.78, 5) is 28.3. The molecular weight excluding hydrogens is 514 g/mol. The maximum absolute atomic E-state index is 12.6. The molecule has 0 aliphatic heterocycles. The summed E-state index contributed by atoms with van der Waals surface area (Å²) in [7, 11) is 0. The molecule has 9 nitrogen and oxygen atoms in total. The molecule has 2 aromatic heterocycles. The number of H-pyrrole nitrogens is 1. The van der Waals surface area contributed by atoms with Crippen LogP contribution in [0.15, 0.2) is 58.3 Å². The van der Waals surface area contributed by atoms with Gasteiger partial charge in [-0.15, -0.1) is 10.2 Å². The van der Waals surface area contributed by atoms with Crippen molar-refractivity contribution in [2.75, 3.05) is 11.1 Å². The van der Waals surface area contributed by atoms with E-state index in [0.29, 0.717) is 17.1 Å². The van der Waals surface area contributed by atoms with Crippen LogP contribution >= 0.6 is 23.4 Å². The average molecular weight is 542 g/mol. The molecule has 3 N–H and O–H groups in total. The number of thioether (sulfide) groups is 1. The van der Waals surface area contributed by atoms with Gasteiger partial charge in [0.2, 0.25) is 11.8 Å². The van der Waals surface area contributed by atoms with Gasteiger partial charge in [-0.05, 0) is 57.0 Å². The Hall–Kier alpha value is -3.50. The van der Waals surface area contributed by atoms with Gasteiger partial charge in [-0.25, -0.2) is 4.79 Å². The van der Waals surface area contributed by atoms with Gasteiger partial charge in [0, 0.05) is 34.2 Å². The lowest BCUT2D eigenvalue weighted by molar-refractivity contribution is -0.113. The molecule has 11 heteroatoms. The van der Waals surface area contributed by atoms with Crippen molar-refractivity contribution in [1.82, 2.24) is 20.5 Å². The van der Waals surface area contributed by atoms with Crippen molar-refractivity contribution in [1.29, 1.82) is 0 Å². The number of amides is 2. The van der Waals surface area contributed by atoms with E-state index >= 15 is 0 Å². The van der Waals surface area contributed by atoms with Gasteiger partial charge in [-0.2, -0.15) is 0 Å². The second-order valence-electron chi connectivity index (χ2n) is 9.42. The van der Waals surface area contributed by atoms with Gasteiger partial charge < -0.3 is 24.8 Å². The molecule has 37 heavy (non-hydrogen) atoms. The van der Waals surface area contributed by atoms with Crippen LogP contribution in [-0.4, -0.2) is 38.5 Å². The van der Waals surface area contributed by atoms with Gasteiger partial charge in [-0.1, -0.05) is 47.6 Å². The molecule has 194 valence electrons. The molecule has 0 saturated heterocycles. The van der Waals surface area contributed by atoms with Crippen LogP contribution in [0.4, 0.5) is 10.5 Å². The zero-order valence-corrected chi connectivity index (χ0v) is 22.5. The number of nitrogens with one attached hydrogen (secondary N) is 3. The lowest BCUT2D eigenvalue weighted by Gasteiger charge is -2.22. The molecule has 0 saturated carbocycles. The van der Waals surface area contributed by atoms with Crippen molar-refractivity contribution in [3.63, 3.8) is 0 Å². The number of carbonyl (C=O) groups excluding carboxylic acids is 2. The number of aromatic nitrogens is 3. The Morgan fingerprint density at radius 2 is 1.95 bits per heavy atom. The van der Waals surface area contributed by atoms with Crippen LogP contribution in [0.25, 0.3) is 10.9 Å². The number of benzene rings is 2. The van der Waals surface area contributed by atoms with Crippen LogP contribution in [0, 0.1) is 6.92 Å². The smallest absolute Gasteiger partial charge is 0.408 e. The van der Waals surface area contributed by atoms with Gasteiger partial charge in [0.05, 0.1) is 5.75 Å². The van der Waals surface area contributed by atoms with Gasteiger partial charge in [0.25, 0.3) is 5.22 Å². The van der Waals surface area contributed by atoms with Crippen LogP contribution in [0.3, 0.4) is 0 Å². The number of ether oxygens (including phenoxy) is 1. The topological polar surface area (TPSA) is 122 Å². The molecule has 1 atom stereocenters. The number of rotatable bonds is 8. The number of halogens is 1. The molecule has 0 aliphatic rings. The minimum Gasteiger partial charge on any atom is -0.444 e. The second kappa shape index (κ2) is 11.3. The summed E-state index contributed by atoms with van der Waals surface area (Å²) in [5, 5.41) is 15.7. The third-order valence-electron chi connectivity index (χ3n) is 5.38. The minimum absolute atomic E-state index is 0.0557. The molecule has 0 fully saturated rings. The van der Waals surface area contributed by atoms with E-state index in [1.807, 2.05) is 37.4 Å². The number of alkyl carbamates (subject to hydrolysis) is 1. The Bertz CT molecular complexity index is 1410. The van der Waals surface area contributed by atoms with Crippen molar-refractivity contribution in [3.8, 4) is 0 Å².